The first-order chi connectivity index (χ1) is 15.8. The lowest BCUT2D eigenvalue weighted by molar-refractivity contribution is -0.122. The molecule has 4 nitrogen and oxygen atoms in total. The fourth-order valence-corrected chi connectivity index (χ4v) is 5.58. The van der Waals surface area contributed by atoms with Crippen LogP contribution in [0.25, 0.3) is 0 Å². The smallest absolute Gasteiger partial charge is 0.238 e. The number of nitrogens with one attached hydrogen (secondary N) is 2. The van der Waals surface area contributed by atoms with Crippen molar-refractivity contribution in [3.63, 3.8) is 0 Å². The number of thioether (sulfide) groups is 1. The van der Waals surface area contributed by atoms with Gasteiger partial charge < -0.3 is 5.32 Å². The minimum Gasteiger partial charge on any atom is -0.355 e. The minimum absolute atomic E-state index is 0.0914. The molecule has 2 rings (SSSR count). The molecule has 5 heteroatoms. The second kappa shape index (κ2) is 18.4. The van der Waals surface area contributed by atoms with E-state index in [2.05, 4.69) is 28.6 Å². The van der Waals surface area contributed by atoms with Crippen molar-refractivity contribution < 1.29 is 4.79 Å². The maximum absolute atomic E-state index is 12.4. The van der Waals surface area contributed by atoms with Crippen LogP contribution in [-0.2, 0) is 4.79 Å². The molecule has 0 saturated carbocycles. The van der Waals surface area contributed by atoms with Crippen molar-refractivity contribution in [1.82, 2.24) is 15.6 Å². The second-order valence-electron chi connectivity index (χ2n) is 9.31. The monoisotopic (exact) mass is 461 g/mol. The average molecular weight is 462 g/mol. The van der Waals surface area contributed by atoms with E-state index >= 15 is 0 Å². The van der Waals surface area contributed by atoms with Crippen molar-refractivity contribution in [2.24, 2.45) is 0 Å². The van der Waals surface area contributed by atoms with E-state index in [1.165, 1.54) is 96.3 Å². The zero-order valence-electron chi connectivity index (χ0n) is 20.5. The van der Waals surface area contributed by atoms with Gasteiger partial charge in [-0.2, -0.15) is 0 Å². The van der Waals surface area contributed by atoms with E-state index in [4.69, 9.17) is 0 Å². The fourth-order valence-electron chi connectivity index (χ4n) is 4.35. The Hall–Kier alpha value is -1.07. The molecule has 1 saturated heterocycles. The van der Waals surface area contributed by atoms with E-state index in [9.17, 15) is 4.79 Å². The van der Waals surface area contributed by atoms with Gasteiger partial charge in [-0.05, 0) is 18.1 Å². The summed E-state index contributed by atoms with van der Waals surface area (Å²) in [4.78, 5) is 16.6. The van der Waals surface area contributed by atoms with Gasteiger partial charge in [-0.25, -0.2) is 0 Å². The number of aromatic nitrogens is 1. The van der Waals surface area contributed by atoms with Crippen LogP contribution in [-0.4, -0.2) is 29.2 Å². The van der Waals surface area contributed by atoms with Crippen molar-refractivity contribution in [3.8, 4) is 0 Å². The number of hydrogen-bond acceptors (Lipinski definition) is 4. The first-order valence-corrected chi connectivity index (χ1v) is 14.4. The van der Waals surface area contributed by atoms with Crippen molar-refractivity contribution in [3.05, 3.63) is 30.1 Å². The summed E-state index contributed by atoms with van der Waals surface area (Å²) in [5.41, 5.74) is 1.14. The van der Waals surface area contributed by atoms with E-state index in [0.29, 0.717) is 0 Å². The summed E-state index contributed by atoms with van der Waals surface area (Å²) < 4.78 is 0. The maximum atomic E-state index is 12.4. The molecule has 0 bridgehead atoms. The molecule has 0 spiro atoms. The maximum Gasteiger partial charge on any atom is 0.238 e. The molecule has 1 amide bonds. The summed E-state index contributed by atoms with van der Waals surface area (Å²) in [6.45, 7) is 3.09. The minimum atomic E-state index is -0.0914. The van der Waals surface area contributed by atoms with Gasteiger partial charge in [-0.1, -0.05) is 109 Å². The Balaban J connectivity index is 1.32. The lowest BCUT2D eigenvalue weighted by atomic mass is 10.0. The Morgan fingerprint density at radius 1 is 0.938 bits per heavy atom. The summed E-state index contributed by atoms with van der Waals surface area (Å²) in [5, 5.41) is 6.72. The molecule has 0 aromatic carbocycles. The van der Waals surface area contributed by atoms with Crippen LogP contribution in [0.4, 0.5) is 0 Å². The third-order valence-corrected chi connectivity index (χ3v) is 7.68. The largest absolute Gasteiger partial charge is 0.355 e. The van der Waals surface area contributed by atoms with Gasteiger partial charge in [-0.3, -0.25) is 15.1 Å². The zero-order valence-corrected chi connectivity index (χ0v) is 21.3. The SMILES string of the molecule is CCCCCCCCCCCCCCCCCCNC(=O)C1CSC(c2cccnc2)N1. The molecule has 182 valence electrons. The number of hydrogen-bond donors (Lipinski definition) is 2. The van der Waals surface area contributed by atoms with Crippen molar-refractivity contribution in [1.29, 1.82) is 0 Å². The first-order valence-electron chi connectivity index (χ1n) is 13.4. The van der Waals surface area contributed by atoms with Crippen LogP contribution in [0, 0.1) is 0 Å². The highest BCUT2D eigenvalue weighted by atomic mass is 32.2. The van der Waals surface area contributed by atoms with Gasteiger partial charge in [0, 0.05) is 24.7 Å². The van der Waals surface area contributed by atoms with Gasteiger partial charge in [0.15, 0.2) is 0 Å². The van der Waals surface area contributed by atoms with Gasteiger partial charge in [-0.15, -0.1) is 11.8 Å². The van der Waals surface area contributed by atoms with E-state index in [1.807, 2.05) is 12.3 Å². The van der Waals surface area contributed by atoms with Gasteiger partial charge in [0.05, 0.1) is 11.4 Å². The molecule has 2 atom stereocenters. The molecule has 0 aliphatic carbocycles. The zero-order chi connectivity index (χ0) is 22.7. The number of carbonyl (C=O) groups is 1. The average Bonchev–Trinajstić information content (AvgIpc) is 3.32. The summed E-state index contributed by atoms with van der Waals surface area (Å²) >= 11 is 1.79. The summed E-state index contributed by atoms with van der Waals surface area (Å²) in [6.07, 6.45) is 25.7. The Morgan fingerprint density at radius 3 is 2.03 bits per heavy atom. The second-order valence-corrected chi connectivity index (χ2v) is 10.5. The summed E-state index contributed by atoms with van der Waals surface area (Å²) in [6, 6.07) is 3.92. The summed E-state index contributed by atoms with van der Waals surface area (Å²) in [7, 11) is 0. The van der Waals surface area contributed by atoms with Crippen molar-refractivity contribution in [2.75, 3.05) is 12.3 Å². The normalized spacial score (nSPS) is 18.2. The third kappa shape index (κ3) is 12.2. The molecule has 2 unspecified atom stereocenters. The van der Waals surface area contributed by atoms with Crippen LogP contribution >= 0.6 is 11.8 Å². The highest BCUT2D eigenvalue weighted by Gasteiger charge is 2.30. The number of pyridine rings is 1. The van der Waals surface area contributed by atoms with Gasteiger partial charge in [0.2, 0.25) is 5.91 Å². The van der Waals surface area contributed by atoms with E-state index < -0.39 is 0 Å². The van der Waals surface area contributed by atoms with Crippen molar-refractivity contribution >= 4 is 17.7 Å². The number of carbonyl (C=O) groups excluding carboxylic acids is 1. The molecule has 1 aliphatic rings. The van der Waals surface area contributed by atoms with Crippen LogP contribution in [0.5, 0.6) is 0 Å². The number of unbranched alkanes of at least 4 members (excludes halogenated alkanes) is 15. The van der Waals surface area contributed by atoms with Crippen molar-refractivity contribution in [2.45, 2.75) is 121 Å². The van der Waals surface area contributed by atoms with E-state index in [1.54, 1.807) is 18.0 Å². The first kappa shape index (κ1) is 27.2. The molecular weight excluding hydrogens is 414 g/mol. The van der Waals surface area contributed by atoms with Crippen LogP contribution in [0.2, 0.25) is 0 Å². The Morgan fingerprint density at radius 2 is 1.50 bits per heavy atom. The van der Waals surface area contributed by atoms with Crippen LogP contribution in [0.15, 0.2) is 24.5 Å². The highest BCUT2D eigenvalue weighted by Crippen LogP contribution is 2.32. The Kier molecular flexibility index (Phi) is 15.6. The fraction of sp³-hybridized carbons (Fsp3) is 0.778. The predicted molar refractivity (Wildman–Crippen MR) is 139 cm³/mol. The number of nitrogens with zero attached hydrogens (tertiary/aromatic N) is 1. The van der Waals surface area contributed by atoms with E-state index in [0.717, 1.165) is 24.3 Å². The molecule has 1 fully saturated rings. The molecule has 0 radical (unpaired) electrons. The molecular formula is C27H47N3OS. The third-order valence-electron chi connectivity index (χ3n) is 6.42. The Labute approximate surface area is 201 Å². The highest BCUT2D eigenvalue weighted by molar-refractivity contribution is 7.99. The molecule has 1 aliphatic heterocycles. The Bertz CT molecular complexity index is 584. The number of amides is 1. The quantitative estimate of drug-likeness (QED) is 0.215. The summed E-state index contributed by atoms with van der Waals surface area (Å²) in [5.74, 6) is 0.967. The molecule has 1 aromatic heterocycles. The predicted octanol–water partition coefficient (Wildman–Crippen LogP) is 7.16. The van der Waals surface area contributed by atoms with E-state index in [-0.39, 0.29) is 17.3 Å². The topological polar surface area (TPSA) is 54.0 Å². The molecule has 2 heterocycles. The molecule has 1 aromatic rings. The lowest BCUT2D eigenvalue weighted by Gasteiger charge is -2.13. The van der Waals surface area contributed by atoms with Crippen LogP contribution in [0.1, 0.15) is 121 Å². The van der Waals surface area contributed by atoms with Gasteiger partial charge in [0.1, 0.15) is 0 Å². The standard InChI is InChI=1S/C27H47N3OS/c1-2-3-4-5-6-7-8-9-10-11-12-13-14-15-16-17-21-29-26(31)25-23-32-27(30-25)24-19-18-20-28-22-24/h18-20,22,25,27,30H,2-17,21,23H2,1H3,(H,29,31). The molecule has 2 N–H and O–H groups in total. The van der Waals surface area contributed by atoms with Gasteiger partial charge in [0.25, 0.3) is 0 Å². The molecule has 32 heavy (non-hydrogen) atoms. The van der Waals surface area contributed by atoms with Crippen LogP contribution in [0.3, 0.4) is 0 Å². The van der Waals surface area contributed by atoms with Crippen LogP contribution < -0.4 is 10.6 Å². The number of rotatable bonds is 19. The van der Waals surface area contributed by atoms with Gasteiger partial charge >= 0.3 is 0 Å². The lowest BCUT2D eigenvalue weighted by Crippen LogP contribution is -2.42.